The lowest BCUT2D eigenvalue weighted by atomic mass is 9.82. The minimum atomic E-state index is -0.384. The van der Waals surface area contributed by atoms with Gasteiger partial charge in [-0.3, -0.25) is 9.59 Å². The number of hydrogen-bond donors (Lipinski definition) is 1. The highest BCUT2D eigenvalue weighted by atomic mass is 16.5. The third-order valence-electron chi connectivity index (χ3n) is 9.51. The van der Waals surface area contributed by atoms with Crippen LogP contribution >= 0.6 is 0 Å². The molecule has 0 heterocycles. The van der Waals surface area contributed by atoms with Gasteiger partial charge >= 0.3 is 0 Å². The molecule has 0 aromatic heterocycles. The normalized spacial score (nSPS) is 12.7. The van der Waals surface area contributed by atoms with Crippen LogP contribution in [0.5, 0.6) is 17.2 Å². The number of quaternary nitrogens is 1. The minimum absolute atomic E-state index is 0.0538. The van der Waals surface area contributed by atoms with E-state index in [1.807, 2.05) is 0 Å². The number of methoxy groups -OCH3 is 1. The first-order chi connectivity index (χ1) is 21.7. The quantitative estimate of drug-likeness (QED) is 0.0842. The molecule has 250 valence electrons. The molecule has 0 amide bonds. The number of likely N-dealkylation sites (N-methyl/N-ethyl adjacent to an activating group) is 1. The van der Waals surface area contributed by atoms with Crippen molar-refractivity contribution < 1.29 is 28.7 Å². The predicted molar refractivity (Wildman–Crippen MR) is 184 cm³/mol. The number of rotatable bonds is 23. The number of nitrogens with zero attached hydrogens (tertiary/aromatic N) is 1. The van der Waals surface area contributed by atoms with Crippen molar-refractivity contribution in [3.05, 3.63) is 52.1 Å². The van der Waals surface area contributed by atoms with Gasteiger partial charge in [0.2, 0.25) is 5.78 Å². The van der Waals surface area contributed by atoms with Crippen LogP contribution in [-0.4, -0.2) is 61.6 Å². The van der Waals surface area contributed by atoms with Gasteiger partial charge in [0, 0.05) is 17.2 Å². The zero-order valence-corrected chi connectivity index (χ0v) is 29.0. The van der Waals surface area contributed by atoms with Gasteiger partial charge in [-0.1, -0.05) is 90.9 Å². The lowest BCUT2D eigenvalue weighted by Gasteiger charge is -2.35. The summed E-state index contributed by atoms with van der Waals surface area (Å²) in [6.07, 6.45) is 20.9. The van der Waals surface area contributed by atoms with E-state index in [1.165, 1.54) is 109 Å². The van der Waals surface area contributed by atoms with Gasteiger partial charge in [-0.2, -0.15) is 0 Å². The molecule has 1 aliphatic carbocycles. The number of hydrogen-bond acceptors (Lipinski definition) is 5. The Morgan fingerprint density at radius 3 is 1.69 bits per heavy atom. The summed E-state index contributed by atoms with van der Waals surface area (Å²) in [5.41, 5.74) is 1.48. The van der Waals surface area contributed by atoms with E-state index in [0.29, 0.717) is 18.1 Å². The van der Waals surface area contributed by atoms with E-state index in [9.17, 15) is 14.7 Å². The number of carbonyl (C=O) groups is 2. The maximum atomic E-state index is 13.7. The molecule has 6 nitrogen and oxygen atoms in total. The number of unbranched alkanes of at least 4 members (excludes halogenated alkanes) is 14. The average molecular weight is 623 g/mol. The molecule has 1 aliphatic rings. The summed E-state index contributed by atoms with van der Waals surface area (Å²) in [6, 6.07) is 6.49. The second kappa shape index (κ2) is 19.0. The Kier molecular flexibility index (Phi) is 15.4. The van der Waals surface area contributed by atoms with Crippen LogP contribution in [-0.2, 0) is 0 Å². The Labute approximate surface area is 273 Å². The van der Waals surface area contributed by atoms with Crippen molar-refractivity contribution in [3.8, 4) is 17.2 Å². The van der Waals surface area contributed by atoms with Crippen LogP contribution in [0.15, 0.2) is 24.3 Å². The molecule has 6 heteroatoms. The van der Waals surface area contributed by atoms with Crippen molar-refractivity contribution in [1.29, 1.82) is 0 Å². The smallest absolute Gasteiger partial charge is 0.201 e. The highest BCUT2D eigenvalue weighted by Crippen LogP contribution is 2.40. The molecule has 0 fully saturated rings. The predicted octanol–water partition coefficient (Wildman–Crippen LogP) is 9.59. The SMILES string of the molecule is CCCCCCCCCC[N+](C)(CCCCCCCCCC)CCOc1cc(OC)cc2c1C(=O)c1c(O)cc(C)cc1C2=O. The third kappa shape index (κ3) is 10.9. The zero-order chi connectivity index (χ0) is 32.7. The van der Waals surface area contributed by atoms with E-state index in [0.717, 1.165) is 29.7 Å². The molecule has 0 saturated heterocycles. The lowest BCUT2D eigenvalue weighted by Crippen LogP contribution is -2.48. The Morgan fingerprint density at radius 1 is 0.644 bits per heavy atom. The van der Waals surface area contributed by atoms with Gasteiger partial charge in [0.1, 0.15) is 30.4 Å². The summed E-state index contributed by atoms with van der Waals surface area (Å²) in [6.45, 7) is 9.80. The molecular formula is C39H60NO5+. The van der Waals surface area contributed by atoms with E-state index in [2.05, 4.69) is 20.9 Å². The molecular weight excluding hydrogens is 562 g/mol. The monoisotopic (exact) mass is 622 g/mol. The van der Waals surface area contributed by atoms with Gasteiger partial charge in [-0.05, 0) is 56.4 Å². The fourth-order valence-electron chi connectivity index (χ4n) is 6.66. The molecule has 45 heavy (non-hydrogen) atoms. The van der Waals surface area contributed by atoms with Gasteiger partial charge in [0.05, 0.1) is 38.4 Å². The first-order valence-corrected chi connectivity index (χ1v) is 17.9. The summed E-state index contributed by atoms with van der Waals surface area (Å²) in [7, 11) is 3.89. The van der Waals surface area contributed by atoms with Crippen LogP contribution in [0.2, 0.25) is 0 Å². The van der Waals surface area contributed by atoms with Crippen LogP contribution in [0.3, 0.4) is 0 Å². The molecule has 2 aromatic rings. The number of fused-ring (bicyclic) bond motifs is 2. The first-order valence-electron chi connectivity index (χ1n) is 17.9. The summed E-state index contributed by atoms with van der Waals surface area (Å²) >= 11 is 0. The van der Waals surface area contributed by atoms with Crippen molar-refractivity contribution in [2.24, 2.45) is 0 Å². The van der Waals surface area contributed by atoms with Gasteiger partial charge in [0.15, 0.2) is 5.78 Å². The fourth-order valence-corrected chi connectivity index (χ4v) is 6.66. The molecule has 0 aliphatic heterocycles. The minimum Gasteiger partial charge on any atom is -0.507 e. The number of benzene rings is 2. The summed E-state index contributed by atoms with van der Waals surface area (Å²) in [4.78, 5) is 27.2. The van der Waals surface area contributed by atoms with Crippen LogP contribution in [0, 0.1) is 6.92 Å². The van der Waals surface area contributed by atoms with Crippen LogP contribution in [0.25, 0.3) is 0 Å². The largest absolute Gasteiger partial charge is 0.507 e. The summed E-state index contributed by atoms with van der Waals surface area (Å²) < 4.78 is 12.8. The molecule has 1 N–H and O–H groups in total. The number of ketones is 2. The molecule has 2 aromatic carbocycles. The first kappa shape index (κ1) is 36.6. The van der Waals surface area contributed by atoms with E-state index in [-0.39, 0.29) is 39.6 Å². The van der Waals surface area contributed by atoms with Crippen molar-refractivity contribution in [3.63, 3.8) is 0 Å². The number of carbonyl (C=O) groups excluding carboxylic acids is 2. The van der Waals surface area contributed by atoms with Crippen molar-refractivity contribution >= 4 is 11.6 Å². The van der Waals surface area contributed by atoms with E-state index in [4.69, 9.17) is 9.47 Å². The fraction of sp³-hybridized carbons (Fsp3) is 0.641. The van der Waals surface area contributed by atoms with Gasteiger partial charge in [-0.25, -0.2) is 0 Å². The van der Waals surface area contributed by atoms with Gasteiger partial charge in [0.25, 0.3) is 0 Å². The Balaban J connectivity index is 1.67. The zero-order valence-electron chi connectivity index (χ0n) is 29.0. The van der Waals surface area contributed by atoms with E-state index in [1.54, 1.807) is 32.2 Å². The van der Waals surface area contributed by atoms with Crippen LogP contribution in [0.1, 0.15) is 154 Å². The molecule has 3 rings (SSSR count). The number of aryl methyl sites for hydroxylation is 1. The Morgan fingerprint density at radius 2 is 1.16 bits per heavy atom. The highest BCUT2D eigenvalue weighted by molar-refractivity contribution is 6.30. The lowest BCUT2D eigenvalue weighted by molar-refractivity contribution is -0.910. The number of phenols is 1. The highest BCUT2D eigenvalue weighted by Gasteiger charge is 2.36. The third-order valence-corrected chi connectivity index (χ3v) is 9.51. The summed E-state index contributed by atoms with van der Waals surface area (Å²) in [5, 5.41) is 10.6. The van der Waals surface area contributed by atoms with E-state index < -0.39 is 0 Å². The summed E-state index contributed by atoms with van der Waals surface area (Å²) in [5.74, 6) is -0.0349. The molecule has 0 saturated carbocycles. The molecule has 0 atom stereocenters. The number of aromatic hydroxyl groups is 1. The topological polar surface area (TPSA) is 72.8 Å². The maximum absolute atomic E-state index is 13.7. The molecule has 0 radical (unpaired) electrons. The van der Waals surface area contributed by atoms with Crippen molar-refractivity contribution in [1.82, 2.24) is 0 Å². The Hall–Kier alpha value is -2.86. The molecule has 0 unspecified atom stereocenters. The van der Waals surface area contributed by atoms with Crippen LogP contribution < -0.4 is 9.47 Å². The van der Waals surface area contributed by atoms with Gasteiger partial charge in [-0.15, -0.1) is 0 Å². The second-order valence-electron chi connectivity index (χ2n) is 13.5. The van der Waals surface area contributed by atoms with Crippen LogP contribution in [0.4, 0.5) is 0 Å². The molecule has 0 spiro atoms. The molecule has 0 bridgehead atoms. The van der Waals surface area contributed by atoms with E-state index >= 15 is 0 Å². The maximum Gasteiger partial charge on any atom is 0.201 e. The standard InChI is InChI=1S/C39H59NO5/c1-6-8-10-12-14-16-18-20-22-40(4,23-21-19-17-15-13-11-9-7-2)24-25-45-35-29-31(44-5)28-33-37(35)39(43)36-32(38(33)42)26-30(3)27-34(36)41/h26-29H,6-25H2,1-5H3/p+1. The number of ether oxygens (including phenoxy) is 2. The van der Waals surface area contributed by atoms with Gasteiger partial charge < -0.3 is 19.1 Å². The second-order valence-corrected chi connectivity index (χ2v) is 13.5. The van der Waals surface area contributed by atoms with Crippen molar-refractivity contribution in [2.45, 2.75) is 124 Å². The Bertz CT molecular complexity index is 1220. The van der Waals surface area contributed by atoms with Crippen molar-refractivity contribution in [2.75, 3.05) is 40.4 Å². The average Bonchev–Trinajstić information content (AvgIpc) is 3.01. The number of phenolic OH excluding ortho intramolecular Hbond substituents is 1.